The van der Waals surface area contributed by atoms with E-state index >= 15 is 0 Å². The van der Waals surface area contributed by atoms with Gasteiger partial charge in [0.25, 0.3) is 23.4 Å². The van der Waals surface area contributed by atoms with Crippen molar-refractivity contribution in [2.45, 2.75) is 6.42 Å². The second-order valence-corrected chi connectivity index (χ2v) is 9.02. The molecule has 2 aromatic carbocycles. The van der Waals surface area contributed by atoms with Crippen molar-refractivity contribution in [3.8, 4) is 0 Å². The van der Waals surface area contributed by atoms with Crippen LogP contribution >= 0.6 is 11.6 Å². The second-order valence-electron chi connectivity index (χ2n) is 8.59. The third-order valence-electron chi connectivity index (χ3n) is 6.71. The predicted octanol–water partition coefficient (Wildman–Crippen LogP) is 3.30. The van der Waals surface area contributed by atoms with Crippen LogP contribution in [0.1, 0.15) is 27.1 Å². The number of hydrogen-bond acceptors (Lipinski definition) is 6. The number of non-ortho nitro benzene ring substituents is 1. The van der Waals surface area contributed by atoms with Gasteiger partial charge in [0.1, 0.15) is 6.54 Å². The van der Waals surface area contributed by atoms with Crippen molar-refractivity contribution in [2.75, 3.05) is 6.54 Å². The molecule has 0 unspecified atom stereocenters. The third kappa shape index (κ3) is 3.49. The fourth-order valence-corrected chi connectivity index (χ4v) is 5.22. The molecule has 34 heavy (non-hydrogen) atoms. The Labute approximate surface area is 198 Å². The van der Waals surface area contributed by atoms with Crippen LogP contribution in [0.5, 0.6) is 0 Å². The Hall–Kier alpha value is -3.85. The molecule has 1 heterocycles. The van der Waals surface area contributed by atoms with Crippen LogP contribution in [0.4, 0.5) is 5.69 Å². The number of hydrogen-bond donors (Lipinski definition) is 0. The smallest absolute Gasteiger partial charge is 0.273 e. The van der Waals surface area contributed by atoms with Gasteiger partial charge in [-0.3, -0.25) is 29.3 Å². The van der Waals surface area contributed by atoms with Gasteiger partial charge in [-0.25, -0.2) is 5.01 Å². The quantitative estimate of drug-likeness (QED) is 0.206. The Morgan fingerprint density at radius 3 is 2.00 bits per heavy atom. The molecule has 2 bridgehead atoms. The van der Waals surface area contributed by atoms with E-state index in [1.807, 2.05) is 12.2 Å². The number of allylic oxidation sites excluding steroid dienone is 2. The molecule has 1 saturated heterocycles. The van der Waals surface area contributed by atoms with E-state index in [2.05, 4.69) is 0 Å². The van der Waals surface area contributed by atoms with E-state index in [4.69, 9.17) is 11.6 Å². The molecule has 0 spiro atoms. The summed E-state index contributed by atoms with van der Waals surface area (Å²) >= 11 is 5.92. The van der Waals surface area contributed by atoms with Gasteiger partial charge in [-0.1, -0.05) is 23.8 Å². The molecule has 2 aromatic rings. The lowest BCUT2D eigenvalue weighted by Crippen LogP contribution is -2.52. The number of carbonyl (C=O) groups excluding carboxylic acids is 4. The normalized spacial score (nSPS) is 24.4. The topological polar surface area (TPSA) is 118 Å². The van der Waals surface area contributed by atoms with Crippen LogP contribution in [-0.4, -0.2) is 45.0 Å². The van der Waals surface area contributed by atoms with Gasteiger partial charge in [-0.2, -0.15) is 5.01 Å². The number of nitro benzene ring substituents is 1. The van der Waals surface area contributed by atoms with Crippen molar-refractivity contribution in [3.05, 3.63) is 86.9 Å². The van der Waals surface area contributed by atoms with Crippen molar-refractivity contribution in [1.29, 1.82) is 0 Å². The molecule has 2 aliphatic carbocycles. The number of imide groups is 1. The molecule has 3 amide bonds. The predicted molar refractivity (Wildman–Crippen MR) is 119 cm³/mol. The van der Waals surface area contributed by atoms with Crippen LogP contribution in [0.3, 0.4) is 0 Å². The molecule has 0 aromatic heterocycles. The van der Waals surface area contributed by atoms with Crippen molar-refractivity contribution in [3.63, 3.8) is 0 Å². The molecule has 0 N–H and O–H groups in total. The third-order valence-corrected chi connectivity index (χ3v) is 6.96. The largest absolute Gasteiger partial charge is 0.292 e. The maximum absolute atomic E-state index is 13.4. The minimum absolute atomic E-state index is 0.0608. The molecule has 10 heteroatoms. The zero-order chi connectivity index (χ0) is 24.1. The van der Waals surface area contributed by atoms with Crippen LogP contribution in [0, 0.1) is 33.8 Å². The van der Waals surface area contributed by atoms with Crippen molar-refractivity contribution in [1.82, 2.24) is 10.0 Å². The number of hydrazine groups is 1. The van der Waals surface area contributed by atoms with Gasteiger partial charge in [0.05, 0.1) is 16.8 Å². The highest BCUT2D eigenvalue weighted by Gasteiger charge is 2.61. The molecule has 172 valence electrons. The number of Topliss-reactive ketones (excluding diaryl/α,β-unsaturated/α-hetero) is 1. The lowest BCUT2D eigenvalue weighted by atomic mass is 9.85. The molecular weight excluding hydrogens is 462 g/mol. The molecule has 0 radical (unpaired) electrons. The van der Waals surface area contributed by atoms with Gasteiger partial charge in [-0.05, 0) is 54.7 Å². The number of amides is 3. The first kappa shape index (κ1) is 22.0. The summed E-state index contributed by atoms with van der Waals surface area (Å²) in [6.07, 6.45) is 4.61. The molecular formula is C24H18ClN3O6. The lowest BCUT2D eigenvalue weighted by Gasteiger charge is -2.30. The van der Waals surface area contributed by atoms with Gasteiger partial charge in [-0.15, -0.1) is 0 Å². The Bertz CT molecular complexity index is 1230. The maximum Gasteiger partial charge on any atom is 0.273 e. The summed E-state index contributed by atoms with van der Waals surface area (Å²) in [4.78, 5) is 63.4. The number of carbonyl (C=O) groups is 4. The number of benzene rings is 2. The monoisotopic (exact) mass is 479 g/mol. The van der Waals surface area contributed by atoms with Gasteiger partial charge < -0.3 is 0 Å². The van der Waals surface area contributed by atoms with Gasteiger partial charge in [0.2, 0.25) is 0 Å². The molecule has 5 rings (SSSR count). The minimum atomic E-state index is -0.700. The zero-order valence-corrected chi connectivity index (χ0v) is 18.4. The summed E-state index contributed by atoms with van der Waals surface area (Å²) in [5, 5.41) is 13.0. The van der Waals surface area contributed by atoms with Crippen LogP contribution < -0.4 is 0 Å². The van der Waals surface area contributed by atoms with E-state index < -0.39 is 46.8 Å². The summed E-state index contributed by atoms with van der Waals surface area (Å²) < 4.78 is 0. The summed E-state index contributed by atoms with van der Waals surface area (Å²) in [5.41, 5.74) is 0.0755. The van der Waals surface area contributed by atoms with E-state index in [0.29, 0.717) is 5.02 Å². The summed E-state index contributed by atoms with van der Waals surface area (Å²) in [6, 6.07) is 10.8. The second kappa shape index (κ2) is 8.18. The number of ketones is 1. The Kier molecular flexibility index (Phi) is 5.28. The number of nitro groups is 1. The first-order valence-corrected chi connectivity index (χ1v) is 11.0. The number of rotatable bonds is 6. The Morgan fingerprint density at radius 1 is 0.941 bits per heavy atom. The van der Waals surface area contributed by atoms with Crippen molar-refractivity contribution >= 4 is 40.8 Å². The van der Waals surface area contributed by atoms with E-state index in [9.17, 15) is 29.3 Å². The number of halogens is 1. The first-order valence-electron chi connectivity index (χ1n) is 10.7. The number of nitrogens with zero attached hydrogens (tertiary/aromatic N) is 3. The van der Waals surface area contributed by atoms with Gasteiger partial charge >= 0.3 is 0 Å². The summed E-state index contributed by atoms with van der Waals surface area (Å²) in [7, 11) is 0. The standard InChI is InChI=1S/C24H18ClN3O6/c25-17-7-3-14(4-8-17)22(30)26(12-19(29)13-5-9-18(10-6-13)28(33)34)27-23(31)20-15-1-2-16(11-15)21(20)24(27)32/h1-10,15-16,20-21H,11-12H2/t15-,16-,20-,21-/m0/s1. The fraction of sp³-hybridized carbons (Fsp3) is 0.250. The highest BCUT2D eigenvalue weighted by Crippen LogP contribution is 2.52. The van der Waals surface area contributed by atoms with E-state index in [-0.39, 0.29) is 28.7 Å². The Morgan fingerprint density at radius 2 is 1.47 bits per heavy atom. The summed E-state index contributed by atoms with van der Waals surface area (Å²) in [5.74, 6) is -3.47. The van der Waals surface area contributed by atoms with Crippen molar-refractivity contribution in [2.24, 2.45) is 23.7 Å². The molecule has 2 fully saturated rings. The van der Waals surface area contributed by atoms with E-state index in [1.54, 1.807) is 0 Å². The number of fused-ring (bicyclic) bond motifs is 5. The molecule has 4 atom stereocenters. The summed E-state index contributed by atoms with van der Waals surface area (Å²) in [6.45, 7) is -0.584. The average molecular weight is 480 g/mol. The zero-order valence-electron chi connectivity index (χ0n) is 17.7. The first-order chi connectivity index (χ1) is 16.3. The van der Waals surface area contributed by atoms with E-state index in [1.165, 1.54) is 48.5 Å². The SMILES string of the molecule is O=C(CN(C(=O)c1ccc(Cl)cc1)N1C(=O)[C@@H]2[C@@H](C1=O)[C@H]1C=C[C@H]2C1)c1ccc([N+](=O)[O-])cc1. The van der Waals surface area contributed by atoms with Crippen LogP contribution in [-0.2, 0) is 9.59 Å². The van der Waals surface area contributed by atoms with Crippen LogP contribution in [0.2, 0.25) is 5.02 Å². The van der Waals surface area contributed by atoms with Crippen LogP contribution in [0.25, 0.3) is 0 Å². The van der Waals surface area contributed by atoms with Gasteiger partial charge in [0, 0.05) is 28.3 Å². The van der Waals surface area contributed by atoms with Crippen LogP contribution in [0.15, 0.2) is 60.7 Å². The Balaban J connectivity index is 1.48. The highest BCUT2D eigenvalue weighted by atomic mass is 35.5. The molecule has 1 saturated carbocycles. The van der Waals surface area contributed by atoms with E-state index in [0.717, 1.165) is 16.4 Å². The molecule has 9 nitrogen and oxygen atoms in total. The lowest BCUT2D eigenvalue weighted by molar-refractivity contribution is -0.384. The van der Waals surface area contributed by atoms with Gasteiger partial charge in [0.15, 0.2) is 5.78 Å². The highest BCUT2D eigenvalue weighted by molar-refractivity contribution is 6.30. The molecule has 3 aliphatic rings. The average Bonchev–Trinajstić information content (AvgIpc) is 3.51. The van der Waals surface area contributed by atoms with Crippen molar-refractivity contribution < 1.29 is 24.1 Å². The maximum atomic E-state index is 13.4. The fourth-order valence-electron chi connectivity index (χ4n) is 5.10. The minimum Gasteiger partial charge on any atom is -0.292 e. The molecule has 1 aliphatic heterocycles.